The summed E-state index contributed by atoms with van der Waals surface area (Å²) in [5, 5.41) is 14.3. The second-order valence-electron chi connectivity index (χ2n) is 14.2. The summed E-state index contributed by atoms with van der Waals surface area (Å²) in [6.45, 7) is 18.9. The highest BCUT2D eigenvalue weighted by atomic mass is 16.6. The molecule has 8 nitrogen and oxygen atoms in total. The number of fused-ring (bicyclic) bond motifs is 3. The lowest BCUT2D eigenvalue weighted by Gasteiger charge is -2.65. The number of hydrogen-bond donors (Lipinski definition) is 2. The maximum absolute atomic E-state index is 14.0. The highest BCUT2D eigenvalue weighted by Crippen LogP contribution is 2.71. The Hall–Kier alpha value is -2.22. The summed E-state index contributed by atoms with van der Waals surface area (Å²) in [4.78, 5) is 53.3. The van der Waals surface area contributed by atoms with E-state index in [4.69, 9.17) is 9.47 Å². The maximum atomic E-state index is 14.0. The molecular weight excluding hydrogens is 486 g/mol. The lowest BCUT2D eigenvalue weighted by molar-refractivity contribution is -0.232. The molecule has 4 aliphatic carbocycles. The van der Waals surface area contributed by atoms with Crippen LogP contribution in [0.2, 0.25) is 0 Å². The van der Waals surface area contributed by atoms with Gasteiger partial charge in [-0.3, -0.25) is 9.59 Å². The molecule has 8 atom stereocenters. The lowest BCUT2D eigenvalue weighted by Crippen LogP contribution is -2.69. The van der Waals surface area contributed by atoms with Crippen molar-refractivity contribution in [1.29, 1.82) is 0 Å². The molecule has 2 N–H and O–H groups in total. The minimum absolute atomic E-state index is 0.133. The number of ketones is 2. The van der Waals surface area contributed by atoms with Crippen LogP contribution in [0.5, 0.6) is 0 Å². The van der Waals surface area contributed by atoms with Crippen molar-refractivity contribution in [2.24, 2.45) is 39.9 Å². The monoisotopic (exact) mass is 531 g/mol. The van der Waals surface area contributed by atoms with E-state index in [2.05, 4.69) is 18.8 Å². The summed E-state index contributed by atoms with van der Waals surface area (Å²) in [7, 11) is 0. The third-order valence-electron chi connectivity index (χ3n) is 10.3. The number of amides is 1. The molecule has 1 spiro atoms. The number of carbonyl (C=O) groups excluding carboxylic acids is 4. The molecule has 1 amide bonds. The van der Waals surface area contributed by atoms with Gasteiger partial charge in [0.1, 0.15) is 23.5 Å². The first-order valence-electron chi connectivity index (χ1n) is 14.0. The molecule has 0 aromatic heterocycles. The fraction of sp³-hybridized carbons (Fsp3) is 0.800. The number of aliphatic hydroxyl groups excluding tert-OH is 1. The van der Waals surface area contributed by atoms with Crippen LogP contribution in [-0.4, -0.2) is 52.6 Å². The minimum atomic E-state index is -1.30. The van der Waals surface area contributed by atoms with Gasteiger partial charge >= 0.3 is 12.1 Å². The number of aliphatic hydroxyl groups is 1. The van der Waals surface area contributed by atoms with E-state index in [1.54, 1.807) is 34.6 Å². The molecule has 4 saturated carbocycles. The summed E-state index contributed by atoms with van der Waals surface area (Å²) < 4.78 is 11.6. The van der Waals surface area contributed by atoms with E-state index in [9.17, 15) is 24.3 Å². The molecule has 0 saturated heterocycles. The van der Waals surface area contributed by atoms with Gasteiger partial charge < -0.3 is 19.9 Å². The van der Waals surface area contributed by atoms with Crippen molar-refractivity contribution in [3.05, 3.63) is 12.2 Å². The van der Waals surface area contributed by atoms with E-state index in [1.807, 2.05) is 13.8 Å². The van der Waals surface area contributed by atoms with Crippen LogP contribution in [0, 0.1) is 39.9 Å². The maximum Gasteiger partial charge on any atom is 0.408 e. The Morgan fingerprint density at radius 3 is 2.32 bits per heavy atom. The SMILES string of the molecule is C=C1C(=O)[C@]23[C@H](O)[C@H]1CC[C@H]2[C@]1(C)CCC(=O)C(C)(C)[C@H]1C[C@H]3OC(=O)C(NC(=O)OC(C)(C)C)C(C)C. The fourth-order valence-corrected chi connectivity index (χ4v) is 8.40. The highest BCUT2D eigenvalue weighted by Gasteiger charge is 2.75. The molecule has 1 unspecified atom stereocenters. The minimum Gasteiger partial charge on any atom is -0.460 e. The van der Waals surface area contributed by atoms with E-state index in [0.29, 0.717) is 31.3 Å². The Bertz CT molecular complexity index is 1060. The van der Waals surface area contributed by atoms with Crippen molar-refractivity contribution in [2.45, 2.75) is 111 Å². The number of Topliss-reactive ketones (excluding diaryl/α,β-unsaturated/α-hetero) is 2. The van der Waals surface area contributed by atoms with Gasteiger partial charge in [0.05, 0.1) is 11.5 Å². The molecule has 0 aromatic rings. The second kappa shape index (κ2) is 9.17. The van der Waals surface area contributed by atoms with Crippen molar-refractivity contribution in [1.82, 2.24) is 5.32 Å². The van der Waals surface area contributed by atoms with Crippen molar-refractivity contribution < 1.29 is 33.8 Å². The predicted octanol–water partition coefficient (Wildman–Crippen LogP) is 4.38. The van der Waals surface area contributed by atoms with E-state index in [1.165, 1.54) is 0 Å². The molecule has 2 bridgehead atoms. The van der Waals surface area contributed by atoms with Crippen molar-refractivity contribution in [3.8, 4) is 0 Å². The third-order valence-corrected chi connectivity index (χ3v) is 10.3. The fourth-order valence-electron chi connectivity index (χ4n) is 8.40. The zero-order valence-electron chi connectivity index (χ0n) is 24.2. The summed E-state index contributed by atoms with van der Waals surface area (Å²) in [5.41, 5.74) is -2.68. The van der Waals surface area contributed by atoms with Crippen molar-refractivity contribution in [3.63, 3.8) is 0 Å². The molecule has 4 aliphatic rings. The van der Waals surface area contributed by atoms with Gasteiger partial charge in [-0.2, -0.15) is 0 Å². The van der Waals surface area contributed by atoms with Crippen LogP contribution in [0.4, 0.5) is 4.79 Å². The number of esters is 1. The summed E-state index contributed by atoms with van der Waals surface area (Å²) >= 11 is 0. The number of alkyl carbamates (subject to hydrolysis) is 1. The van der Waals surface area contributed by atoms with Crippen LogP contribution in [0.3, 0.4) is 0 Å². The molecule has 0 aromatic carbocycles. The van der Waals surface area contributed by atoms with Gasteiger partial charge in [0.25, 0.3) is 0 Å². The Morgan fingerprint density at radius 2 is 1.74 bits per heavy atom. The molecule has 0 radical (unpaired) electrons. The summed E-state index contributed by atoms with van der Waals surface area (Å²) in [6, 6.07) is -1.01. The Balaban J connectivity index is 1.74. The second-order valence-corrected chi connectivity index (χ2v) is 14.2. The number of ether oxygens (including phenoxy) is 2. The molecule has 38 heavy (non-hydrogen) atoms. The van der Waals surface area contributed by atoms with Gasteiger partial charge in [-0.15, -0.1) is 0 Å². The smallest absolute Gasteiger partial charge is 0.408 e. The van der Waals surface area contributed by atoms with Crippen LogP contribution < -0.4 is 5.32 Å². The molecule has 4 rings (SSSR count). The van der Waals surface area contributed by atoms with Gasteiger partial charge in [0.2, 0.25) is 0 Å². The summed E-state index contributed by atoms with van der Waals surface area (Å²) in [5.74, 6) is -1.79. The Morgan fingerprint density at radius 1 is 1.11 bits per heavy atom. The number of rotatable bonds is 4. The Kier molecular flexibility index (Phi) is 6.95. The van der Waals surface area contributed by atoms with Gasteiger partial charge in [-0.1, -0.05) is 41.2 Å². The average molecular weight is 532 g/mol. The van der Waals surface area contributed by atoms with E-state index in [-0.39, 0.29) is 47.1 Å². The van der Waals surface area contributed by atoms with Crippen LogP contribution in [-0.2, 0) is 23.9 Å². The predicted molar refractivity (Wildman–Crippen MR) is 141 cm³/mol. The third kappa shape index (κ3) is 4.13. The first-order valence-corrected chi connectivity index (χ1v) is 14.0. The quantitative estimate of drug-likeness (QED) is 0.408. The van der Waals surface area contributed by atoms with Crippen molar-refractivity contribution >= 4 is 23.6 Å². The first kappa shape index (κ1) is 28.8. The van der Waals surface area contributed by atoms with Crippen LogP contribution in [0.25, 0.3) is 0 Å². The van der Waals surface area contributed by atoms with Gasteiger partial charge in [-0.25, -0.2) is 9.59 Å². The lowest BCUT2D eigenvalue weighted by atomic mass is 9.39. The number of nitrogens with one attached hydrogen (secondary N) is 1. The van der Waals surface area contributed by atoms with E-state index >= 15 is 0 Å². The molecule has 4 fully saturated rings. The summed E-state index contributed by atoms with van der Waals surface area (Å²) in [6.07, 6.45) is 0.0226. The van der Waals surface area contributed by atoms with Gasteiger partial charge in [0, 0.05) is 17.8 Å². The van der Waals surface area contributed by atoms with E-state index < -0.39 is 46.7 Å². The molecule has 0 aliphatic heterocycles. The zero-order valence-corrected chi connectivity index (χ0v) is 24.2. The normalized spacial score (nSPS) is 38.8. The topological polar surface area (TPSA) is 119 Å². The number of carbonyl (C=O) groups is 4. The first-order chi connectivity index (χ1) is 17.4. The standard InChI is InChI=1S/C30H45NO7/c1-15(2)22(31-26(36)38-27(4,5)6)25(35)37-21-14-19-28(7,8)20(32)12-13-29(19,9)18-11-10-17-16(3)23(33)30(18,21)24(17)34/h15,17-19,21-22,24,34H,3,10-14H2,1-2,4-9H3,(H,31,36)/t17-,18-,19+,21+,22?,24+,29-,30-/m0/s1. The zero-order chi connectivity index (χ0) is 28.6. The van der Waals surface area contributed by atoms with Gasteiger partial charge in [-0.05, 0) is 75.2 Å². The molecular formula is C30H45NO7. The van der Waals surface area contributed by atoms with Crippen molar-refractivity contribution in [2.75, 3.05) is 0 Å². The van der Waals surface area contributed by atoms with Crippen LogP contribution in [0.1, 0.15) is 87.5 Å². The van der Waals surface area contributed by atoms with Gasteiger partial charge in [0.15, 0.2) is 5.78 Å². The molecule has 0 heterocycles. The Labute approximate surface area is 226 Å². The molecule has 212 valence electrons. The van der Waals surface area contributed by atoms with E-state index in [0.717, 1.165) is 0 Å². The highest BCUT2D eigenvalue weighted by molar-refractivity contribution is 6.05. The van der Waals surface area contributed by atoms with Crippen LogP contribution >= 0.6 is 0 Å². The van der Waals surface area contributed by atoms with Crippen LogP contribution in [0.15, 0.2) is 12.2 Å². The largest absolute Gasteiger partial charge is 0.460 e. The average Bonchev–Trinajstić information content (AvgIpc) is 2.89. The molecule has 8 heteroatoms. The number of hydrogen-bond acceptors (Lipinski definition) is 7.